The average Bonchev–Trinajstić information content (AvgIpc) is 2.55. The van der Waals surface area contributed by atoms with Gasteiger partial charge >= 0.3 is 0 Å². The van der Waals surface area contributed by atoms with E-state index in [4.69, 9.17) is 5.73 Å². The Hall–Kier alpha value is -0.590. The number of thioether (sulfide) groups is 1. The number of hydrogen-bond acceptors (Lipinski definition) is 5. The van der Waals surface area contributed by atoms with Gasteiger partial charge in [-0.1, -0.05) is 32.5 Å². The molecule has 1 aromatic heterocycles. The van der Waals surface area contributed by atoms with E-state index in [9.17, 15) is 5.11 Å². The predicted molar refractivity (Wildman–Crippen MR) is 69.9 cm³/mol. The average molecular weight is 258 g/mol. The van der Waals surface area contributed by atoms with E-state index in [1.54, 1.807) is 0 Å². The molecular formula is C11H22N4OS. The van der Waals surface area contributed by atoms with Crippen molar-refractivity contribution in [1.82, 2.24) is 14.8 Å². The molecular weight excluding hydrogens is 236 g/mol. The van der Waals surface area contributed by atoms with Gasteiger partial charge < -0.3 is 15.4 Å². The van der Waals surface area contributed by atoms with Crippen molar-refractivity contribution in [1.29, 1.82) is 0 Å². The molecule has 17 heavy (non-hydrogen) atoms. The highest BCUT2D eigenvalue weighted by atomic mass is 32.2. The first-order chi connectivity index (χ1) is 7.77. The quantitative estimate of drug-likeness (QED) is 0.786. The molecule has 1 heterocycles. The largest absolute Gasteiger partial charge is 0.395 e. The van der Waals surface area contributed by atoms with Crippen molar-refractivity contribution in [2.45, 2.75) is 44.1 Å². The highest BCUT2D eigenvalue weighted by Crippen LogP contribution is 2.30. The Morgan fingerprint density at radius 3 is 2.35 bits per heavy atom. The number of aryl methyl sites for hydroxylation is 1. The van der Waals surface area contributed by atoms with E-state index in [-0.39, 0.29) is 23.3 Å². The van der Waals surface area contributed by atoms with Crippen molar-refractivity contribution in [3.05, 3.63) is 5.82 Å². The molecule has 0 radical (unpaired) electrons. The van der Waals surface area contributed by atoms with Gasteiger partial charge in [-0.2, -0.15) is 0 Å². The summed E-state index contributed by atoms with van der Waals surface area (Å²) in [6, 6.07) is -0.102. The van der Waals surface area contributed by atoms with Crippen LogP contribution in [0.4, 0.5) is 0 Å². The lowest BCUT2D eigenvalue weighted by Gasteiger charge is -2.32. The topological polar surface area (TPSA) is 77.0 Å². The van der Waals surface area contributed by atoms with E-state index in [2.05, 4.69) is 31.0 Å². The molecule has 0 fully saturated rings. The van der Waals surface area contributed by atoms with Gasteiger partial charge in [-0.15, -0.1) is 10.2 Å². The van der Waals surface area contributed by atoms with E-state index >= 15 is 0 Å². The second kappa shape index (κ2) is 5.37. The van der Waals surface area contributed by atoms with Crippen LogP contribution in [0.2, 0.25) is 0 Å². The zero-order valence-corrected chi connectivity index (χ0v) is 12.0. The van der Waals surface area contributed by atoms with E-state index < -0.39 is 0 Å². The summed E-state index contributed by atoms with van der Waals surface area (Å²) in [6.45, 7) is 8.15. The molecule has 1 rings (SSSR count). The lowest BCUT2D eigenvalue weighted by atomic mass is 9.85. The highest BCUT2D eigenvalue weighted by molar-refractivity contribution is 7.99. The van der Waals surface area contributed by atoms with E-state index in [0.29, 0.717) is 0 Å². The minimum Gasteiger partial charge on any atom is -0.395 e. The summed E-state index contributed by atoms with van der Waals surface area (Å²) in [5, 5.41) is 18.3. The molecule has 3 N–H and O–H groups in total. The maximum Gasteiger partial charge on any atom is 0.191 e. The summed E-state index contributed by atoms with van der Waals surface area (Å²) in [5.74, 6) is 0.855. The van der Waals surface area contributed by atoms with Gasteiger partial charge in [0.25, 0.3) is 0 Å². The number of rotatable bonds is 4. The zero-order valence-electron chi connectivity index (χ0n) is 11.1. The summed E-state index contributed by atoms with van der Waals surface area (Å²) in [7, 11) is 1.91. The maximum atomic E-state index is 9.46. The summed E-state index contributed by atoms with van der Waals surface area (Å²) >= 11 is 1.49. The van der Waals surface area contributed by atoms with Crippen LogP contribution >= 0.6 is 11.8 Å². The Morgan fingerprint density at radius 2 is 2.00 bits per heavy atom. The summed E-state index contributed by atoms with van der Waals surface area (Å²) < 4.78 is 1.91. The van der Waals surface area contributed by atoms with Crippen LogP contribution in [0.1, 0.15) is 26.6 Å². The van der Waals surface area contributed by atoms with Crippen LogP contribution in [-0.2, 0) is 7.05 Å². The zero-order chi connectivity index (χ0) is 13.2. The van der Waals surface area contributed by atoms with Gasteiger partial charge in [-0.3, -0.25) is 0 Å². The molecule has 0 amide bonds. The second-order valence-corrected chi connectivity index (χ2v) is 6.53. The number of aliphatic hydroxyl groups is 1. The number of hydrogen-bond donors (Lipinski definition) is 2. The highest BCUT2D eigenvalue weighted by Gasteiger charge is 2.30. The van der Waals surface area contributed by atoms with Crippen LogP contribution < -0.4 is 5.73 Å². The summed E-state index contributed by atoms with van der Waals surface area (Å²) in [4.78, 5) is 0. The molecule has 0 bridgehead atoms. The number of aliphatic hydroxyl groups excluding tert-OH is 1. The van der Waals surface area contributed by atoms with Crippen molar-refractivity contribution in [3.63, 3.8) is 0 Å². The third kappa shape index (κ3) is 3.43. The Labute approximate surface area is 107 Å². The lowest BCUT2D eigenvalue weighted by molar-refractivity contribution is 0.233. The van der Waals surface area contributed by atoms with Crippen molar-refractivity contribution < 1.29 is 5.11 Å². The van der Waals surface area contributed by atoms with Gasteiger partial charge in [0.15, 0.2) is 5.16 Å². The van der Waals surface area contributed by atoms with Crippen molar-refractivity contribution >= 4 is 11.8 Å². The lowest BCUT2D eigenvalue weighted by Crippen LogP contribution is -2.45. The van der Waals surface area contributed by atoms with Crippen molar-refractivity contribution in [3.8, 4) is 0 Å². The van der Waals surface area contributed by atoms with E-state index in [1.807, 2.05) is 18.5 Å². The second-order valence-electron chi connectivity index (χ2n) is 5.32. The maximum absolute atomic E-state index is 9.46. The number of nitrogens with two attached hydrogens (primary N) is 1. The molecule has 0 saturated heterocycles. The minimum absolute atomic E-state index is 0.0367. The number of aromatic nitrogens is 3. The molecule has 0 aliphatic rings. The van der Waals surface area contributed by atoms with E-state index in [0.717, 1.165) is 11.0 Å². The van der Waals surface area contributed by atoms with Gasteiger partial charge in [0.2, 0.25) is 0 Å². The van der Waals surface area contributed by atoms with Gasteiger partial charge in [0, 0.05) is 13.1 Å². The Balaban J connectivity index is 2.81. The normalized spacial score (nSPS) is 15.9. The molecule has 0 saturated carbocycles. The van der Waals surface area contributed by atoms with Gasteiger partial charge in [-0.25, -0.2) is 0 Å². The van der Waals surface area contributed by atoms with Crippen LogP contribution in [0.3, 0.4) is 0 Å². The van der Waals surface area contributed by atoms with Gasteiger partial charge in [-0.05, 0) is 12.3 Å². The smallest absolute Gasteiger partial charge is 0.191 e. The SMILES string of the molecule is Cc1nnc(SC(CO)C(N)C(C)(C)C)n1C. The van der Waals surface area contributed by atoms with E-state index in [1.165, 1.54) is 11.8 Å². The predicted octanol–water partition coefficient (Wildman–Crippen LogP) is 0.950. The fourth-order valence-electron chi connectivity index (χ4n) is 1.41. The van der Waals surface area contributed by atoms with Gasteiger partial charge in [0.05, 0.1) is 11.9 Å². The molecule has 0 aliphatic carbocycles. The molecule has 98 valence electrons. The van der Waals surface area contributed by atoms with Crippen LogP contribution in [0.15, 0.2) is 5.16 Å². The third-order valence-electron chi connectivity index (χ3n) is 2.89. The van der Waals surface area contributed by atoms with Crippen LogP contribution in [0, 0.1) is 12.3 Å². The first kappa shape index (κ1) is 14.5. The van der Waals surface area contributed by atoms with Crippen molar-refractivity contribution in [2.75, 3.05) is 6.61 Å². The standard InChI is InChI=1S/C11H22N4OS/c1-7-13-14-10(15(7)5)17-8(6-16)9(12)11(2,3)4/h8-9,16H,6,12H2,1-5H3. The summed E-state index contributed by atoms with van der Waals surface area (Å²) in [6.07, 6.45) is 0. The van der Waals surface area contributed by atoms with Crippen LogP contribution in [-0.4, -0.2) is 37.8 Å². The Bertz CT molecular complexity index is 372. The fourth-order valence-corrected chi connectivity index (χ4v) is 2.69. The fraction of sp³-hybridized carbons (Fsp3) is 0.818. The third-order valence-corrected chi connectivity index (χ3v) is 4.20. The van der Waals surface area contributed by atoms with Crippen molar-refractivity contribution in [2.24, 2.45) is 18.2 Å². The van der Waals surface area contributed by atoms with Gasteiger partial charge in [0.1, 0.15) is 5.82 Å². The molecule has 0 aliphatic heterocycles. The Morgan fingerprint density at radius 1 is 1.41 bits per heavy atom. The summed E-state index contributed by atoms with van der Waals surface area (Å²) in [5.41, 5.74) is 6.12. The van der Waals surface area contributed by atoms with Crippen LogP contribution in [0.25, 0.3) is 0 Å². The number of nitrogens with zero attached hydrogens (tertiary/aromatic N) is 3. The monoisotopic (exact) mass is 258 g/mol. The first-order valence-electron chi connectivity index (χ1n) is 5.66. The molecule has 0 aromatic carbocycles. The first-order valence-corrected chi connectivity index (χ1v) is 6.54. The molecule has 2 atom stereocenters. The minimum atomic E-state index is -0.102. The molecule has 5 nitrogen and oxygen atoms in total. The van der Waals surface area contributed by atoms with Crippen LogP contribution in [0.5, 0.6) is 0 Å². The Kier molecular flexibility index (Phi) is 4.57. The molecule has 2 unspecified atom stereocenters. The molecule has 6 heteroatoms. The molecule has 0 spiro atoms. The molecule has 1 aromatic rings.